The number of rotatable bonds is 4. The minimum atomic E-state index is -0.729. The summed E-state index contributed by atoms with van der Waals surface area (Å²) in [6.07, 6.45) is 3.56. The molecule has 0 aliphatic rings. The molecular formula is C7H13NO2. The second-order valence-electron chi connectivity index (χ2n) is 2.03. The first-order valence-electron chi connectivity index (χ1n) is 3.18. The van der Waals surface area contributed by atoms with Crippen molar-refractivity contribution in [1.29, 1.82) is 5.41 Å². The number of hydrogen-bond acceptors (Lipinski definition) is 3. The first kappa shape index (κ1) is 9.33. The fourth-order valence-corrected chi connectivity index (χ4v) is 0.599. The number of aliphatic hydroxyl groups is 2. The van der Waals surface area contributed by atoms with Crippen molar-refractivity contribution in [1.82, 2.24) is 0 Å². The van der Waals surface area contributed by atoms with Crippen LogP contribution in [-0.4, -0.2) is 29.1 Å². The van der Waals surface area contributed by atoms with Gasteiger partial charge in [-0.15, -0.1) is 0 Å². The molecule has 2 atom stereocenters. The average molecular weight is 143 g/mol. The lowest BCUT2D eigenvalue weighted by Crippen LogP contribution is -2.22. The third-order valence-electron chi connectivity index (χ3n) is 1.25. The number of nitrogens with one attached hydrogen (secondary N) is 1. The van der Waals surface area contributed by atoms with Crippen LogP contribution in [0.1, 0.15) is 6.92 Å². The van der Waals surface area contributed by atoms with Crippen LogP contribution in [0, 0.1) is 11.3 Å². The molecule has 0 bridgehead atoms. The molecule has 0 fully saturated rings. The standard InChI is InChI=1S/C7H13NO2/c1-2-3-7(10)6(4-8)5-9/h2-4,6-10H,5H2,1H3/b3-2+,8-4?/t6-,7+/m0/s1. The highest BCUT2D eigenvalue weighted by molar-refractivity contribution is 5.58. The Labute approximate surface area is 60.5 Å². The van der Waals surface area contributed by atoms with Crippen molar-refractivity contribution in [3.05, 3.63) is 12.2 Å². The van der Waals surface area contributed by atoms with Gasteiger partial charge in [0.1, 0.15) is 0 Å². The average Bonchev–Trinajstić information content (AvgIpc) is 1.91. The molecule has 0 heterocycles. The van der Waals surface area contributed by atoms with E-state index in [2.05, 4.69) is 0 Å². The van der Waals surface area contributed by atoms with Crippen LogP contribution in [0.2, 0.25) is 0 Å². The van der Waals surface area contributed by atoms with Gasteiger partial charge in [0.25, 0.3) is 0 Å². The van der Waals surface area contributed by atoms with Crippen molar-refractivity contribution in [2.24, 2.45) is 5.92 Å². The zero-order valence-corrected chi connectivity index (χ0v) is 5.99. The molecule has 0 aromatic carbocycles. The molecule has 0 rings (SSSR count). The summed E-state index contributed by atoms with van der Waals surface area (Å²) < 4.78 is 0. The number of aliphatic hydroxyl groups excluding tert-OH is 2. The molecule has 0 amide bonds. The van der Waals surface area contributed by atoms with Crippen LogP contribution in [0.4, 0.5) is 0 Å². The molecule has 0 spiro atoms. The molecule has 3 nitrogen and oxygen atoms in total. The van der Waals surface area contributed by atoms with E-state index >= 15 is 0 Å². The Kier molecular flexibility index (Phi) is 4.80. The van der Waals surface area contributed by atoms with Gasteiger partial charge in [-0.2, -0.15) is 0 Å². The fourth-order valence-electron chi connectivity index (χ4n) is 0.599. The molecule has 0 aromatic heterocycles. The second kappa shape index (κ2) is 5.14. The largest absolute Gasteiger partial charge is 0.396 e. The van der Waals surface area contributed by atoms with Gasteiger partial charge in [0.15, 0.2) is 0 Å². The summed E-state index contributed by atoms with van der Waals surface area (Å²) in [6.45, 7) is 1.59. The molecule has 58 valence electrons. The highest BCUT2D eigenvalue weighted by Gasteiger charge is 2.11. The SMILES string of the molecule is C/C=C/[C@@H](O)[C@@H](C=N)CO. The molecule has 10 heavy (non-hydrogen) atoms. The van der Waals surface area contributed by atoms with Gasteiger partial charge in [0.05, 0.1) is 12.7 Å². The molecular weight excluding hydrogens is 130 g/mol. The summed E-state index contributed by atoms with van der Waals surface area (Å²) in [5.41, 5.74) is 0. The van der Waals surface area contributed by atoms with Crippen molar-refractivity contribution in [3.63, 3.8) is 0 Å². The van der Waals surface area contributed by atoms with E-state index in [1.807, 2.05) is 0 Å². The quantitative estimate of drug-likeness (QED) is 0.388. The maximum Gasteiger partial charge on any atom is 0.0820 e. The lowest BCUT2D eigenvalue weighted by molar-refractivity contribution is 0.139. The van der Waals surface area contributed by atoms with Crippen molar-refractivity contribution >= 4 is 6.21 Å². The number of hydrogen-bond donors (Lipinski definition) is 3. The normalized spacial score (nSPS) is 17.1. The second-order valence-corrected chi connectivity index (χ2v) is 2.03. The molecule has 3 heteroatoms. The van der Waals surface area contributed by atoms with E-state index in [4.69, 9.17) is 15.6 Å². The first-order chi connectivity index (χ1) is 4.76. The Bertz CT molecular complexity index is 123. The van der Waals surface area contributed by atoms with E-state index in [0.29, 0.717) is 0 Å². The summed E-state index contributed by atoms with van der Waals surface area (Å²) >= 11 is 0. The zero-order chi connectivity index (χ0) is 7.98. The van der Waals surface area contributed by atoms with Crippen molar-refractivity contribution in [3.8, 4) is 0 Å². The van der Waals surface area contributed by atoms with Crippen LogP contribution in [-0.2, 0) is 0 Å². The van der Waals surface area contributed by atoms with E-state index in [9.17, 15) is 0 Å². The zero-order valence-electron chi connectivity index (χ0n) is 5.99. The molecule has 0 aliphatic heterocycles. The monoisotopic (exact) mass is 143 g/mol. The van der Waals surface area contributed by atoms with Crippen LogP contribution < -0.4 is 0 Å². The van der Waals surface area contributed by atoms with Crippen LogP contribution in [0.15, 0.2) is 12.2 Å². The Balaban J connectivity index is 3.87. The van der Waals surface area contributed by atoms with Gasteiger partial charge in [0, 0.05) is 12.1 Å². The Morgan fingerprint density at radius 2 is 2.20 bits per heavy atom. The molecule has 0 aliphatic carbocycles. The van der Waals surface area contributed by atoms with Crippen LogP contribution in [0.5, 0.6) is 0 Å². The van der Waals surface area contributed by atoms with Gasteiger partial charge in [-0.25, -0.2) is 0 Å². The molecule has 0 unspecified atom stereocenters. The number of allylic oxidation sites excluding steroid dienone is 1. The maximum atomic E-state index is 9.11. The Hall–Kier alpha value is -0.670. The van der Waals surface area contributed by atoms with Gasteiger partial charge in [-0.1, -0.05) is 12.2 Å². The summed E-state index contributed by atoms with van der Waals surface area (Å²) in [5, 5.41) is 24.5. The molecule has 0 radical (unpaired) electrons. The highest BCUT2D eigenvalue weighted by atomic mass is 16.3. The summed E-state index contributed by atoms with van der Waals surface area (Å²) in [7, 11) is 0. The van der Waals surface area contributed by atoms with Crippen molar-refractivity contribution < 1.29 is 10.2 Å². The molecule has 3 N–H and O–H groups in total. The minimum absolute atomic E-state index is 0.186. The summed E-state index contributed by atoms with van der Waals surface area (Å²) in [4.78, 5) is 0. The van der Waals surface area contributed by atoms with E-state index in [1.54, 1.807) is 19.1 Å². The minimum Gasteiger partial charge on any atom is -0.396 e. The van der Waals surface area contributed by atoms with Gasteiger partial charge in [-0.05, 0) is 6.92 Å². The van der Waals surface area contributed by atoms with E-state index < -0.39 is 12.0 Å². The summed E-state index contributed by atoms with van der Waals surface area (Å²) in [6, 6.07) is 0. The smallest absolute Gasteiger partial charge is 0.0820 e. The lowest BCUT2D eigenvalue weighted by atomic mass is 10.1. The van der Waals surface area contributed by atoms with Gasteiger partial charge < -0.3 is 15.6 Å². The van der Waals surface area contributed by atoms with Gasteiger partial charge in [0.2, 0.25) is 0 Å². The third kappa shape index (κ3) is 2.75. The van der Waals surface area contributed by atoms with E-state index in [-0.39, 0.29) is 6.61 Å². The van der Waals surface area contributed by atoms with Gasteiger partial charge >= 0.3 is 0 Å². The van der Waals surface area contributed by atoms with E-state index in [1.165, 1.54) is 0 Å². The van der Waals surface area contributed by atoms with Crippen molar-refractivity contribution in [2.45, 2.75) is 13.0 Å². The van der Waals surface area contributed by atoms with Gasteiger partial charge in [-0.3, -0.25) is 0 Å². The highest BCUT2D eigenvalue weighted by Crippen LogP contribution is 2.00. The van der Waals surface area contributed by atoms with Crippen LogP contribution >= 0.6 is 0 Å². The predicted molar refractivity (Wildman–Crippen MR) is 40.2 cm³/mol. The lowest BCUT2D eigenvalue weighted by Gasteiger charge is -2.11. The van der Waals surface area contributed by atoms with Crippen molar-refractivity contribution in [2.75, 3.05) is 6.61 Å². The van der Waals surface area contributed by atoms with Crippen LogP contribution in [0.3, 0.4) is 0 Å². The molecule has 0 aromatic rings. The van der Waals surface area contributed by atoms with Crippen LogP contribution in [0.25, 0.3) is 0 Å². The third-order valence-corrected chi connectivity index (χ3v) is 1.25. The fraction of sp³-hybridized carbons (Fsp3) is 0.571. The van der Waals surface area contributed by atoms with E-state index in [0.717, 1.165) is 6.21 Å². The molecule has 0 saturated heterocycles. The first-order valence-corrected chi connectivity index (χ1v) is 3.18. The summed E-state index contributed by atoms with van der Waals surface area (Å²) in [5.74, 6) is -0.462. The predicted octanol–water partition coefficient (Wildman–Crippen LogP) is 0.181. The maximum absolute atomic E-state index is 9.11. The Morgan fingerprint density at radius 1 is 1.60 bits per heavy atom. The Morgan fingerprint density at radius 3 is 2.50 bits per heavy atom. The topological polar surface area (TPSA) is 64.3 Å². The molecule has 0 saturated carbocycles.